The highest BCUT2D eigenvalue weighted by atomic mass is 35.5. The van der Waals surface area contributed by atoms with Crippen LogP contribution in [0.3, 0.4) is 0 Å². The number of anilines is 1. The largest absolute Gasteiger partial charge is 0.369 e. The van der Waals surface area contributed by atoms with Crippen molar-refractivity contribution >= 4 is 39.0 Å². The van der Waals surface area contributed by atoms with Crippen molar-refractivity contribution in [3.05, 3.63) is 51.6 Å². The van der Waals surface area contributed by atoms with Gasteiger partial charge in [-0.3, -0.25) is 0 Å². The minimum atomic E-state index is 0.781. The van der Waals surface area contributed by atoms with Gasteiger partial charge >= 0.3 is 0 Å². The molecular formula is C17H18ClN3S. The Labute approximate surface area is 139 Å². The van der Waals surface area contributed by atoms with Gasteiger partial charge in [-0.2, -0.15) is 0 Å². The molecule has 0 fully saturated rings. The van der Waals surface area contributed by atoms with E-state index in [2.05, 4.69) is 41.3 Å². The Morgan fingerprint density at radius 2 is 2.09 bits per heavy atom. The number of nitrogens with one attached hydrogen (secondary N) is 1. The third kappa shape index (κ3) is 3.39. The lowest BCUT2D eigenvalue weighted by Crippen LogP contribution is -2.08. The molecule has 0 amide bonds. The number of nitrogens with zero attached hydrogens (tertiary/aromatic N) is 2. The van der Waals surface area contributed by atoms with E-state index in [-0.39, 0.29) is 0 Å². The highest BCUT2D eigenvalue weighted by Crippen LogP contribution is 2.28. The second kappa shape index (κ2) is 6.63. The van der Waals surface area contributed by atoms with Crippen molar-refractivity contribution in [3.8, 4) is 0 Å². The number of hydrogen-bond donors (Lipinski definition) is 1. The molecule has 5 heteroatoms. The van der Waals surface area contributed by atoms with Crippen LogP contribution in [0.15, 0.2) is 30.3 Å². The van der Waals surface area contributed by atoms with Crippen molar-refractivity contribution in [1.82, 2.24) is 9.97 Å². The van der Waals surface area contributed by atoms with Crippen LogP contribution in [0.2, 0.25) is 5.02 Å². The Hall–Kier alpha value is -1.65. The zero-order valence-electron chi connectivity index (χ0n) is 12.7. The maximum Gasteiger partial charge on any atom is 0.138 e. The first-order valence-electron chi connectivity index (χ1n) is 7.41. The Balaban J connectivity index is 1.78. The third-order valence-electron chi connectivity index (χ3n) is 3.47. The second-order valence-electron chi connectivity index (χ2n) is 5.22. The van der Waals surface area contributed by atoms with E-state index in [4.69, 9.17) is 11.6 Å². The number of rotatable bonds is 5. The summed E-state index contributed by atoms with van der Waals surface area (Å²) < 4.78 is 0. The van der Waals surface area contributed by atoms with Crippen molar-refractivity contribution in [2.45, 2.75) is 26.7 Å². The van der Waals surface area contributed by atoms with E-state index in [9.17, 15) is 0 Å². The molecule has 1 aromatic carbocycles. The van der Waals surface area contributed by atoms with E-state index in [1.807, 2.05) is 18.2 Å². The molecule has 114 valence electrons. The molecule has 0 bridgehead atoms. The summed E-state index contributed by atoms with van der Waals surface area (Å²) >= 11 is 7.74. The van der Waals surface area contributed by atoms with E-state index in [1.54, 1.807) is 11.3 Å². The standard InChI is InChI=1S/C17H18ClN3S/c1-3-15-20-16(14-9-11(2)22-17(14)21-15)19-8-7-12-5-4-6-13(18)10-12/h4-6,9-10H,3,7-8H2,1-2H3,(H,19,20,21). The van der Waals surface area contributed by atoms with E-state index in [0.29, 0.717) is 0 Å². The summed E-state index contributed by atoms with van der Waals surface area (Å²) in [7, 11) is 0. The van der Waals surface area contributed by atoms with E-state index < -0.39 is 0 Å². The first-order valence-corrected chi connectivity index (χ1v) is 8.60. The highest BCUT2D eigenvalue weighted by molar-refractivity contribution is 7.18. The van der Waals surface area contributed by atoms with Crippen LogP contribution in [-0.2, 0) is 12.8 Å². The molecule has 2 aromatic heterocycles. The summed E-state index contributed by atoms with van der Waals surface area (Å²) in [6, 6.07) is 10.1. The van der Waals surface area contributed by atoms with Gasteiger partial charge in [-0.05, 0) is 37.1 Å². The molecule has 2 heterocycles. The number of thiophene rings is 1. The van der Waals surface area contributed by atoms with Crippen LogP contribution < -0.4 is 5.32 Å². The maximum atomic E-state index is 6.02. The van der Waals surface area contributed by atoms with Crippen molar-refractivity contribution in [2.24, 2.45) is 0 Å². The van der Waals surface area contributed by atoms with Gasteiger partial charge in [-0.25, -0.2) is 9.97 Å². The highest BCUT2D eigenvalue weighted by Gasteiger charge is 2.09. The van der Waals surface area contributed by atoms with Gasteiger partial charge in [0.05, 0.1) is 5.39 Å². The minimum absolute atomic E-state index is 0.781. The Kier molecular flexibility index (Phi) is 4.60. The molecule has 22 heavy (non-hydrogen) atoms. The SMILES string of the molecule is CCc1nc(NCCc2cccc(Cl)c2)c2cc(C)sc2n1. The van der Waals surface area contributed by atoms with Gasteiger partial charge in [0.15, 0.2) is 0 Å². The number of fused-ring (bicyclic) bond motifs is 1. The zero-order chi connectivity index (χ0) is 15.5. The van der Waals surface area contributed by atoms with Crippen molar-refractivity contribution in [1.29, 1.82) is 0 Å². The Morgan fingerprint density at radius 3 is 2.86 bits per heavy atom. The summed E-state index contributed by atoms with van der Waals surface area (Å²) in [5.41, 5.74) is 1.22. The van der Waals surface area contributed by atoms with Crippen molar-refractivity contribution < 1.29 is 0 Å². The fourth-order valence-electron chi connectivity index (χ4n) is 2.40. The predicted molar refractivity (Wildman–Crippen MR) is 95.2 cm³/mol. The molecule has 0 aliphatic carbocycles. The molecule has 0 spiro atoms. The van der Waals surface area contributed by atoms with Gasteiger partial charge in [0.25, 0.3) is 0 Å². The van der Waals surface area contributed by atoms with Gasteiger partial charge in [-0.15, -0.1) is 11.3 Å². The third-order valence-corrected chi connectivity index (χ3v) is 4.65. The Bertz CT molecular complexity index is 798. The van der Waals surface area contributed by atoms with Crippen LogP contribution in [0.25, 0.3) is 10.2 Å². The molecule has 0 aliphatic heterocycles. The average molecular weight is 332 g/mol. The molecule has 1 N–H and O–H groups in total. The number of halogens is 1. The molecule has 0 saturated heterocycles. The molecule has 0 saturated carbocycles. The van der Waals surface area contributed by atoms with Crippen LogP contribution in [0.5, 0.6) is 0 Å². The van der Waals surface area contributed by atoms with Gasteiger partial charge in [0, 0.05) is 22.9 Å². The molecule has 3 nitrogen and oxygen atoms in total. The first kappa shape index (κ1) is 15.3. The smallest absolute Gasteiger partial charge is 0.138 e. The molecule has 3 rings (SSSR count). The first-order chi connectivity index (χ1) is 10.7. The minimum Gasteiger partial charge on any atom is -0.369 e. The number of aryl methyl sites for hydroxylation is 2. The number of benzene rings is 1. The van der Waals surface area contributed by atoms with Gasteiger partial charge in [-0.1, -0.05) is 30.7 Å². The van der Waals surface area contributed by atoms with E-state index >= 15 is 0 Å². The summed E-state index contributed by atoms with van der Waals surface area (Å²) in [5.74, 6) is 1.83. The summed E-state index contributed by atoms with van der Waals surface area (Å²) in [6.07, 6.45) is 1.76. The van der Waals surface area contributed by atoms with Crippen LogP contribution in [0, 0.1) is 6.92 Å². The lowest BCUT2D eigenvalue weighted by molar-refractivity contribution is 0.947. The summed E-state index contributed by atoms with van der Waals surface area (Å²) in [6.45, 7) is 5.01. The molecule has 0 aliphatic rings. The van der Waals surface area contributed by atoms with Gasteiger partial charge < -0.3 is 5.32 Å². The maximum absolute atomic E-state index is 6.02. The summed E-state index contributed by atoms with van der Waals surface area (Å²) in [4.78, 5) is 11.6. The van der Waals surface area contributed by atoms with Crippen molar-refractivity contribution in [2.75, 3.05) is 11.9 Å². The molecule has 3 aromatic rings. The predicted octanol–water partition coefficient (Wildman–Crippen LogP) is 4.87. The summed E-state index contributed by atoms with van der Waals surface area (Å²) in [5, 5.41) is 5.35. The van der Waals surface area contributed by atoms with Crippen LogP contribution in [0.1, 0.15) is 23.2 Å². The van der Waals surface area contributed by atoms with Crippen LogP contribution in [-0.4, -0.2) is 16.5 Å². The molecule has 0 radical (unpaired) electrons. The Morgan fingerprint density at radius 1 is 1.23 bits per heavy atom. The number of hydrogen-bond acceptors (Lipinski definition) is 4. The monoisotopic (exact) mass is 331 g/mol. The normalized spacial score (nSPS) is 11.0. The van der Waals surface area contributed by atoms with Gasteiger partial charge in [0.2, 0.25) is 0 Å². The molecule has 0 atom stereocenters. The number of aromatic nitrogens is 2. The fraction of sp³-hybridized carbons (Fsp3) is 0.294. The fourth-order valence-corrected chi connectivity index (χ4v) is 3.51. The molecule has 0 unspecified atom stereocenters. The van der Waals surface area contributed by atoms with E-state index in [0.717, 1.165) is 46.3 Å². The molecular weight excluding hydrogens is 314 g/mol. The van der Waals surface area contributed by atoms with Gasteiger partial charge in [0.1, 0.15) is 16.5 Å². The average Bonchev–Trinajstić information content (AvgIpc) is 2.87. The van der Waals surface area contributed by atoms with Crippen LogP contribution >= 0.6 is 22.9 Å². The quantitative estimate of drug-likeness (QED) is 0.724. The van der Waals surface area contributed by atoms with Crippen LogP contribution in [0.4, 0.5) is 5.82 Å². The van der Waals surface area contributed by atoms with Crippen molar-refractivity contribution in [3.63, 3.8) is 0 Å². The zero-order valence-corrected chi connectivity index (χ0v) is 14.3. The lowest BCUT2D eigenvalue weighted by Gasteiger charge is -2.08. The topological polar surface area (TPSA) is 37.8 Å². The second-order valence-corrected chi connectivity index (χ2v) is 6.90. The van der Waals surface area contributed by atoms with E-state index in [1.165, 1.54) is 10.4 Å². The lowest BCUT2D eigenvalue weighted by atomic mass is 10.1.